The number of urea groups is 1. The highest BCUT2D eigenvalue weighted by Crippen LogP contribution is 2.29. The quantitative estimate of drug-likeness (QED) is 0.203. The number of primary amides is 1. The van der Waals surface area contributed by atoms with Gasteiger partial charge in [-0.1, -0.05) is 26.0 Å². The van der Waals surface area contributed by atoms with Crippen molar-refractivity contribution in [2.75, 3.05) is 32.7 Å². The molecule has 0 bridgehead atoms. The number of aromatic nitrogens is 1. The van der Waals surface area contributed by atoms with E-state index in [1.54, 1.807) is 32.3 Å². The Hall–Kier alpha value is -4.63. The summed E-state index contributed by atoms with van der Waals surface area (Å²) in [5.74, 6) is -2.42. The first-order valence-corrected chi connectivity index (χ1v) is 15.0. The second-order valence-electron chi connectivity index (χ2n) is 10.2. The molecule has 0 saturated carbocycles. The first-order chi connectivity index (χ1) is 21.8. The number of hydrogen-bond donors (Lipinski definition) is 7. The van der Waals surface area contributed by atoms with E-state index in [0.717, 1.165) is 5.56 Å². The highest BCUT2D eigenvalue weighted by atomic mass is 19.1. The molecule has 2 heterocycles. The minimum atomic E-state index is -1.18. The zero-order valence-electron chi connectivity index (χ0n) is 27.6. The van der Waals surface area contributed by atoms with Crippen LogP contribution in [0.15, 0.2) is 48.8 Å². The standard InChI is InChI=1S/C16H30N8O5.C7H7F.C6H7N.C2H6/c1-10(2)24(13(27)9-21-15(29)23-22-12(26)7-17)16(3-5-19-6-4-16)14(28)20-8-11(18)25;1-6-3-2-4-7(8)5-6;1-6-2-4-7-5-3-6;1-2/h10,19H,3-9,17H2,1-2H3,(H2,18,25)(H,20,28)(H,22,26)(H2,21,23,29);2-5H,1H3;2-5H,1H3;1-2H3. The third-order valence-electron chi connectivity index (χ3n) is 6.25. The van der Waals surface area contributed by atoms with Crippen LogP contribution in [-0.4, -0.2) is 83.8 Å². The number of carbonyl (C=O) groups excluding carboxylic acids is 5. The van der Waals surface area contributed by atoms with Crippen molar-refractivity contribution in [3.05, 3.63) is 65.7 Å². The average Bonchev–Trinajstić information content (AvgIpc) is 3.03. The minimum absolute atomic E-state index is 0.162. The Morgan fingerprint density at radius 1 is 0.957 bits per heavy atom. The number of nitrogens with one attached hydrogen (secondary N) is 5. The van der Waals surface area contributed by atoms with E-state index >= 15 is 0 Å². The van der Waals surface area contributed by atoms with E-state index in [1.165, 1.54) is 22.6 Å². The van der Waals surface area contributed by atoms with Gasteiger partial charge in [-0.3, -0.25) is 29.6 Å². The first kappa shape index (κ1) is 41.4. The largest absolute Gasteiger partial charge is 0.368 e. The molecule has 6 amide bonds. The summed E-state index contributed by atoms with van der Waals surface area (Å²) in [4.78, 5) is 64.9. The fourth-order valence-electron chi connectivity index (χ4n) is 4.27. The van der Waals surface area contributed by atoms with Crippen LogP contribution < -0.4 is 38.3 Å². The van der Waals surface area contributed by atoms with Gasteiger partial charge in [0, 0.05) is 18.4 Å². The summed E-state index contributed by atoms with van der Waals surface area (Å²) in [7, 11) is 0. The Morgan fingerprint density at radius 3 is 2.00 bits per heavy atom. The van der Waals surface area contributed by atoms with E-state index in [1.807, 2.05) is 45.9 Å². The number of amides is 6. The van der Waals surface area contributed by atoms with E-state index in [0.29, 0.717) is 25.9 Å². The van der Waals surface area contributed by atoms with Gasteiger partial charge in [0.15, 0.2) is 0 Å². The lowest BCUT2D eigenvalue weighted by Crippen LogP contribution is -2.67. The molecule has 1 aliphatic heterocycles. The third kappa shape index (κ3) is 15.9. The number of pyridine rings is 1. The molecular formula is C31H50FN9O5. The van der Waals surface area contributed by atoms with Gasteiger partial charge in [-0.2, -0.15) is 0 Å². The molecule has 0 radical (unpaired) electrons. The Balaban J connectivity index is 0.000000953. The molecule has 1 aromatic heterocycles. The van der Waals surface area contributed by atoms with Gasteiger partial charge in [-0.15, -0.1) is 0 Å². The molecule has 1 saturated heterocycles. The Morgan fingerprint density at radius 2 is 1.57 bits per heavy atom. The maximum absolute atomic E-state index is 12.9. The number of piperidine rings is 1. The molecule has 2 aromatic rings. The molecule has 0 unspecified atom stereocenters. The zero-order valence-corrected chi connectivity index (χ0v) is 27.6. The summed E-state index contributed by atoms with van der Waals surface area (Å²) in [6.07, 6.45) is 4.24. The van der Waals surface area contributed by atoms with Crippen molar-refractivity contribution in [2.45, 2.75) is 66.0 Å². The summed E-state index contributed by atoms with van der Waals surface area (Å²) < 4.78 is 12.2. The van der Waals surface area contributed by atoms with Gasteiger partial charge in [0.1, 0.15) is 11.4 Å². The van der Waals surface area contributed by atoms with Crippen LogP contribution in [0.1, 0.15) is 51.7 Å². The second kappa shape index (κ2) is 22.8. The Bertz CT molecular complexity index is 1210. The smallest absolute Gasteiger partial charge is 0.333 e. The van der Waals surface area contributed by atoms with Crippen molar-refractivity contribution in [1.29, 1.82) is 0 Å². The Labute approximate surface area is 270 Å². The van der Waals surface area contributed by atoms with Crippen LogP contribution in [-0.2, 0) is 19.2 Å². The van der Waals surface area contributed by atoms with Crippen LogP contribution in [0.25, 0.3) is 0 Å². The maximum Gasteiger partial charge on any atom is 0.333 e. The van der Waals surface area contributed by atoms with Crippen molar-refractivity contribution < 1.29 is 28.4 Å². The van der Waals surface area contributed by atoms with E-state index < -0.39 is 41.7 Å². The number of halogens is 1. The monoisotopic (exact) mass is 647 g/mol. The number of benzene rings is 1. The van der Waals surface area contributed by atoms with E-state index in [9.17, 15) is 28.4 Å². The fraction of sp³-hybridized carbons (Fsp3) is 0.484. The number of nitrogens with zero attached hydrogens (tertiary/aromatic N) is 2. The first-order valence-electron chi connectivity index (χ1n) is 15.0. The summed E-state index contributed by atoms with van der Waals surface area (Å²) in [6, 6.07) is 9.28. The van der Waals surface area contributed by atoms with Gasteiger partial charge in [0.05, 0.1) is 19.6 Å². The van der Waals surface area contributed by atoms with Gasteiger partial charge >= 0.3 is 6.03 Å². The third-order valence-corrected chi connectivity index (χ3v) is 6.25. The van der Waals surface area contributed by atoms with E-state index in [2.05, 4.69) is 31.8 Å². The molecule has 46 heavy (non-hydrogen) atoms. The number of carbonyl (C=O) groups is 5. The van der Waals surface area contributed by atoms with E-state index in [4.69, 9.17) is 11.5 Å². The molecule has 1 aliphatic rings. The molecule has 0 spiro atoms. The number of aryl methyl sites for hydroxylation is 2. The SMILES string of the molecule is CC.CC(C)N(C(=O)CNC(=O)NNC(=O)CN)C1(C(=O)NCC(N)=O)CCNCC1.Cc1cccc(F)c1.Cc1ccncc1. The molecule has 0 aliphatic carbocycles. The van der Waals surface area contributed by atoms with Crippen molar-refractivity contribution in [2.24, 2.45) is 11.5 Å². The van der Waals surface area contributed by atoms with Crippen molar-refractivity contribution >= 4 is 29.7 Å². The van der Waals surface area contributed by atoms with Crippen molar-refractivity contribution in [3.63, 3.8) is 0 Å². The highest BCUT2D eigenvalue weighted by Gasteiger charge is 2.48. The summed E-state index contributed by atoms with van der Waals surface area (Å²) >= 11 is 0. The predicted octanol–water partition coefficient (Wildman–Crippen LogP) is 0.787. The fourth-order valence-corrected chi connectivity index (χ4v) is 4.27. The maximum atomic E-state index is 12.9. The summed E-state index contributed by atoms with van der Waals surface area (Å²) in [5, 5.41) is 7.95. The van der Waals surface area contributed by atoms with Crippen molar-refractivity contribution in [1.82, 2.24) is 36.7 Å². The van der Waals surface area contributed by atoms with Crippen LogP contribution in [0.5, 0.6) is 0 Å². The van der Waals surface area contributed by atoms with Crippen LogP contribution in [0.3, 0.4) is 0 Å². The summed E-state index contributed by atoms with van der Waals surface area (Å²) in [6.45, 7) is 11.4. The van der Waals surface area contributed by atoms with Gasteiger partial charge in [0.2, 0.25) is 17.7 Å². The molecular weight excluding hydrogens is 597 g/mol. The molecule has 256 valence electrons. The van der Waals surface area contributed by atoms with E-state index in [-0.39, 0.29) is 24.9 Å². The molecule has 1 fully saturated rings. The van der Waals surface area contributed by atoms with Crippen LogP contribution in [0.2, 0.25) is 0 Å². The highest BCUT2D eigenvalue weighted by molar-refractivity contribution is 5.95. The molecule has 3 rings (SSSR count). The van der Waals surface area contributed by atoms with Crippen LogP contribution in [0.4, 0.5) is 9.18 Å². The van der Waals surface area contributed by atoms with Gasteiger partial charge in [-0.25, -0.2) is 14.6 Å². The lowest BCUT2D eigenvalue weighted by atomic mass is 9.84. The molecule has 9 N–H and O–H groups in total. The molecule has 15 heteroatoms. The van der Waals surface area contributed by atoms with Crippen LogP contribution in [0, 0.1) is 19.7 Å². The minimum Gasteiger partial charge on any atom is -0.368 e. The number of hydrazine groups is 1. The predicted molar refractivity (Wildman–Crippen MR) is 174 cm³/mol. The molecule has 1 aromatic carbocycles. The Kier molecular flexibility index (Phi) is 20.5. The zero-order chi connectivity index (χ0) is 35.1. The molecule has 0 atom stereocenters. The number of nitrogens with two attached hydrogens (primary N) is 2. The van der Waals surface area contributed by atoms with Gasteiger partial charge in [-0.05, 0) is 89.0 Å². The average molecular weight is 648 g/mol. The van der Waals surface area contributed by atoms with Gasteiger partial charge < -0.3 is 32.3 Å². The topological polar surface area (TPSA) is 214 Å². The lowest BCUT2D eigenvalue weighted by Gasteiger charge is -2.47. The van der Waals surface area contributed by atoms with Crippen molar-refractivity contribution in [3.8, 4) is 0 Å². The summed E-state index contributed by atoms with van der Waals surface area (Å²) in [5.41, 5.74) is 15.4. The van der Waals surface area contributed by atoms with Gasteiger partial charge in [0.25, 0.3) is 5.91 Å². The number of hydrogen-bond acceptors (Lipinski definition) is 8. The molecule has 14 nitrogen and oxygen atoms in total. The second-order valence-corrected chi connectivity index (χ2v) is 10.2. The normalized spacial score (nSPS) is 12.6. The number of rotatable bonds is 8. The van der Waals surface area contributed by atoms with Crippen LogP contribution >= 0.6 is 0 Å². The lowest BCUT2D eigenvalue weighted by molar-refractivity contribution is -0.152.